The maximum atomic E-state index is 4.50. The van der Waals surface area contributed by atoms with E-state index in [1.54, 1.807) is 6.33 Å². The molecule has 1 atom stereocenters. The molecule has 1 aliphatic heterocycles. The molecule has 0 aromatic carbocycles. The molecular formula is C17H26N6S. The number of nitrogens with one attached hydrogen (secondary N) is 1. The molecule has 1 N–H and O–H groups in total. The van der Waals surface area contributed by atoms with E-state index in [0.29, 0.717) is 0 Å². The number of nitrogens with zero attached hydrogens (tertiary/aromatic N) is 5. The first-order chi connectivity index (χ1) is 11.5. The van der Waals surface area contributed by atoms with Gasteiger partial charge in [0.2, 0.25) is 0 Å². The van der Waals surface area contributed by atoms with E-state index < -0.39 is 0 Å². The second kappa shape index (κ2) is 7.42. The summed E-state index contributed by atoms with van der Waals surface area (Å²) in [7, 11) is 2.00. The molecule has 0 radical (unpaired) electrons. The van der Waals surface area contributed by atoms with Gasteiger partial charge in [-0.1, -0.05) is 0 Å². The monoisotopic (exact) mass is 346 g/mol. The quantitative estimate of drug-likeness (QED) is 0.897. The maximum Gasteiger partial charge on any atom is 0.134 e. The highest BCUT2D eigenvalue weighted by Crippen LogP contribution is 2.20. The Balaban J connectivity index is 1.66. The normalized spacial score (nSPS) is 16.2. The fourth-order valence-corrected chi connectivity index (χ4v) is 4.02. The van der Waals surface area contributed by atoms with Crippen LogP contribution >= 0.6 is 11.8 Å². The molecule has 0 amide bonds. The van der Waals surface area contributed by atoms with E-state index in [9.17, 15) is 0 Å². The van der Waals surface area contributed by atoms with Gasteiger partial charge in [-0.3, -0.25) is 4.68 Å². The second-order valence-electron chi connectivity index (χ2n) is 6.38. The van der Waals surface area contributed by atoms with Gasteiger partial charge in [-0.15, -0.1) is 0 Å². The van der Waals surface area contributed by atoms with Crippen molar-refractivity contribution < 1.29 is 0 Å². The van der Waals surface area contributed by atoms with Gasteiger partial charge < -0.3 is 10.2 Å². The molecular weight excluding hydrogens is 320 g/mol. The fraction of sp³-hybridized carbons (Fsp3) is 0.588. The Hall–Kier alpha value is -1.76. The highest BCUT2D eigenvalue weighted by atomic mass is 32.2. The largest absolute Gasteiger partial charge is 0.367 e. The van der Waals surface area contributed by atoms with Crippen LogP contribution in [0.25, 0.3) is 0 Å². The molecule has 0 aliphatic carbocycles. The van der Waals surface area contributed by atoms with Crippen molar-refractivity contribution in [2.24, 2.45) is 7.05 Å². The molecule has 0 saturated carbocycles. The highest BCUT2D eigenvalue weighted by Gasteiger charge is 2.15. The van der Waals surface area contributed by atoms with Gasteiger partial charge >= 0.3 is 0 Å². The van der Waals surface area contributed by atoms with Crippen molar-refractivity contribution in [2.75, 3.05) is 34.8 Å². The van der Waals surface area contributed by atoms with E-state index >= 15 is 0 Å². The Kier molecular flexibility index (Phi) is 5.28. The number of anilines is 2. The fourth-order valence-electron chi connectivity index (χ4n) is 3.11. The van der Waals surface area contributed by atoms with Crippen molar-refractivity contribution in [3.05, 3.63) is 29.3 Å². The first-order valence-corrected chi connectivity index (χ1v) is 9.60. The second-order valence-corrected chi connectivity index (χ2v) is 7.61. The lowest BCUT2D eigenvalue weighted by atomic mass is 10.1. The molecule has 1 aliphatic rings. The zero-order valence-electron chi connectivity index (χ0n) is 14.9. The van der Waals surface area contributed by atoms with Crippen LogP contribution in [0.3, 0.4) is 0 Å². The van der Waals surface area contributed by atoms with E-state index in [2.05, 4.69) is 52.1 Å². The van der Waals surface area contributed by atoms with Crippen molar-refractivity contribution in [1.82, 2.24) is 19.7 Å². The number of rotatable bonds is 5. The zero-order chi connectivity index (χ0) is 17.1. The molecule has 0 bridgehead atoms. The first-order valence-electron chi connectivity index (χ1n) is 8.45. The van der Waals surface area contributed by atoms with Gasteiger partial charge in [0.15, 0.2) is 0 Å². The molecule has 2 aromatic heterocycles. The van der Waals surface area contributed by atoms with Gasteiger partial charge in [-0.05, 0) is 32.8 Å². The third kappa shape index (κ3) is 3.83. The van der Waals surface area contributed by atoms with Gasteiger partial charge in [0.05, 0.1) is 5.69 Å². The van der Waals surface area contributed by atoms with Crippen LogP contribution in [0.5, 0.6) is 0 Å². The van der Waals surface area contributed by atoms with Crippen LogP contribution in [0, 0.1) is 13.8 Å². The minimum absolute atomic E-state index is 0.284. The Morgan fingerprint density at radius 2 is 2.00 bits per heavy atom. The van der Waals surface area contributed by atoms with Crippen LogP contribution in [0.4, 0.5) is 11.6 Å². The van der Waals surface area contributed by atoms with Gasteiger partial charge in [0.25, 0.3) is 0 Å². The van der Waals surface area contributed by atoms with Crippen LogP contribution in [0.15, 0.2) is 12.4 Å². The molecule has 24 heavy (non-hydrogen) atoms. The third-order valence-electron chi connectivity index (χ3n) is 4.55. The number of aromatic nitrogens is 4. The zero-order valence-corrected chi connectivity index (χ0v) is 15.7. The summed E-state index contributed by atoms with van der Waals surface area (Å²) in [4.78, 5) is 11.2. The minimum atomic E-state index is 0.284. The van der Waals surface area contributed by atoms with E-state index in [-0.39, 0.29) is 6.04 Å². The predicted molar refractivity (Wildman–Crippen MR) is 101 cm³/mol. The average Bonchev–Trinajstić information content (AvgIpc) is 2.82. The number of thioether (sulfide) groups is 1. The van der Waals surface area contributed by atoms with Crippen molar-refractivity contribution >= 4 is 23.4 Å². The Morgan fingerprint density at radius 3 is 2.67 bits per heavy atom. The average molecular weight is 347 g/mol. The van der Waals surface area contributed by atoms with Crippen molar-refractivity contribution in [1.29, 1.82) is 0 Å². The molecule has 1 fully saturated rings. The van der Waals surface area contributed by atoms with E-state index in [0.717, 1.165) is 36.8 Å². The minimum Gasteiger partial charge on any atom is -0.367 e. The van der Waals surface area contributed by atoms with Crippen molar-refractivity contribution in [3.63, 3.8) is 0 Å². The Morgan fingerprint density at radius 1 is 1.25 bits per heavy atom. The number of hydrogen-bond donors (Lipinski definition) is 1. The summed E-state index contributed by atoms with van der Waals surface area (Å²) in [5, 5.41) is 8.01. The lowest BCUT2D eigenvalue weighted by Crippen LogP contribution is -2.33. The molecule has 3 heterocycles. The van der Waals surface area contributed by atoms with E-state index in [1.807, 2.05) is 23.5 Å². The number of aryl methyl sites for hydroxylation is 2. The first kappa shape index (κ1) is 17.1. The highest BCUT2D eigenvalue weighted by molar-refractivity contribution is 7.99. The smallest absolute Gasteiger partial charge is 0.134 e. The molecule has 0 spiro atoms. The molecule has 7 heteroatoms. The predicted octanol–water partition coefficient (Wildman–Crippen LogP) is 2.42. The summed E-state index contributed by atoms with van der Waals surface area (Å²) in [6.07, 6.45) is 2.60. The van der Waals surface area contributed by atoms with Gasteiger partial charge in [0.1, 0.15) is 18.0 Å². The van der Waals surface area contributed by atoms with Gasteiger partial charge in [-0.25, -0.2) is 9.97 Å². The van der Waals surface area contributed by atoms with Crippen LogP contribution in [0.1, 0.15) is 23.9 Å². The lowest BCUT2D eigenvalue weighted by molar-refractivity contribution is 0.726. The molecule has 2 aromatic rings. The Labute approximate surface area is 148 Å². The van der Waals surface area contributed by atoms with Crippen molar-refractivity contribution in [2.45, 2.75) is 33.2 Å². The topological polar surface area (TPSA) is 58.9 Å². The van der Waals surface area contributed by atoms with Gasteiger partial charge in [-0.2, -0.15) is 16.9 Å². The van der Waals surface area contributed by atoms with Crippen LogP contribution < -0.4 is 10.2 Å². The van der Waals surface area contributed by atoms with E-state index in [1.165, 1.54) is 22.8 Å². The molecule has 6 nitrogen and oxygen atoms in total. The van der Waals surface area contributed by atoms with Crippen LogP contribution in [-0.4, -0.2) is 50.4 Å². The number of hydrogen-bond acceptors (Lipinski definition) is 6. The SMILES string of the molecule is Cc1nn(C)c(C)c1C[C@H](C)Nc1cc(N2CCSCC2)ncn1. The standard InChI is InChI=1S/C17H26N6S/c1-12(9-15-13(2)21-22(4)14(15)3)20-16-10-17(19-11-18-16)23-5-7-24-8-6-23/h10-12H,5-9H2,1-4H3,(H,18,19,20)/t12-/m0/s1. The summed E-state index contributed by atoms with van der Waals surface area (Å²) in [6.45, 7) is 8.51. The Bertz CT molecular complexity index is 692. The van der Waals surface area contributed by atoms with Gasteiger partial charge in [0, 0.05) is 49.4 Å². The summed E-state index contributed by atoms with van der Waals surface area (Å²) in [5.74, 6) is 4.25. The summed E-state index contributed by atoms with van der Waals surface area (Å²) in [5.41, 5.74) is 3.66. The summed E-state index contributed by atoms with van der Waals surface area (Å²) in [6, 6.07) is 2.35. The molecule has 130 valence electrons. The molecule has 3 rings (SSSR count). The summed E-state index contributed by atoms with van der Waals surface area (Å²) >= 11 is 2.01. The van der Waals surface area contributed by atoms with Crippen LogP contribution in [-0.2, 0) is 13.5 Å². The maximum absolute atomic E-state index is 4.50. The molecule has 0 unspecified atom stereocenters. The van der Waals surface area contributed by atoms with E-state index in [4.69, 9.17) is 0 Å². The molecule has 1 saturated heterocycles. The van der Waals surface area contributed by atoms with Crippen LogP contribution in [0.2, 0.25) is 0 Å². The summed E-state index contributed by atoms with van der Waals surface area (Å²) < 4.78 is 1.95. The van der Waals surface area contributed by atoms with Crippen molar-refractivity contribution in [3.8, 4) is 0 Å². The third-order valence-corrected chi connectivity index (χ3v) is 5.49. The lowest BCUT2D eigenvalue weighted by Gasteiger charge is -2.27.